The topological polar surface area (TPSA) is 102 Å². The van der Waals surface area contributed by atoms with Crippen molar-refractivity contribution < 1.29 is 24.9 Å². The first-order valence-corrected chi connectivity index (χ1v) is 11.4. The van der Waals surface area contributed by atoms with Crippen molar-refractivity contribution in [3.05, 3.63) is 0 Å². The summed E-state index contributed by atoms with van der Waals surface area (Å²) in [4.78, 5) is 15.1. The third-order valence-electron chi connectivity index (χ3n) is 6.27. The van der Waals surface area contributed by atoms with Gasteiger partial charge in [0.05, 0.1) is 12.1 Å². The summed E-state index contributed by atoms with van der Waals surface area (Å²) in [6.07, 6.45) is 2.50. The van der Waals surface area contributed by atoms with Gasteiger partial charge in [0.25, 0.3) is 0 Å². The molecule has 2 saturated heterocycles. The molecule has 8 atom stereocenters. The van der Waals surface area contributed by atoms with Crippen LogP contribution in [-0.2, 0) is 9.53 Å². The van der Waals surface area contributed by atoms with Crippen molar-refractivity contribution in [2.75, 3.05) is 19.8 Å². The molecule has 0 bridgehead atoms. The largest absolute Gasteiger partial charge is 0.388 e. The number of carbonyl (C=O) groups excluding carboxylic acids is 1. The summed E-state index contributed by atoms with van der Waals surface area (Å²) in [5.41, 5.74) is -0.616. The van der Waals surface area contributed by atoms with E-state index in [-0.39, 0.29) is 23.9 Å². The maximum atomic E-state index is 13.0. The molecule has 3 rings (SSSR count). The molecular weight excluding hydrogens is 368 g/mol. The quantitative estimate of drug-likeness (QED) is 0.482. The van der Waals surface area contributed by atoms with Crippen LogP contribution in [0.2, 0.25) is 0 Å². The van der Waals surface area contributed by atoms with Crippen LogP contribution in [0.1, 0.15) is 39.0 Å². The number of hydrogen-bond acceptors (Lipinski definition) is 7. The van der Waals surface area contributed by atoms with Gasteiger partial charge in [0.2, 0.25) is 5.91 Å². The Morgan fingerprint density at radius 1 is 1.26 bits per heavy atom. The van der Waals surface area contributed by atoms with Crippen LogP contribution in [0.4, 0.5) is 0 Å². The summed E-state index contributed by atoms with van der Waals surface area (Å²) in [7, 11) is 1.99. The van der Waals surface area contributed by atoms with E-state index in [0.29, 0.717) is 5.92 Å². The number of hydrogen-bond donors (Lipinski definition) is 4. The Balaban J connectivity index is 1.68. The SMILES string of the molecule is CCC[C@@H]1C[C@@H](C(=O)N[C@H](C2CC2)[C@H]2O[C@H](SC)[C@H](O)[C@@H](O)[C@H]2O)N(C)C1. The number of nitrogens with zero attached hydrogens (tertiary/aromatic N) is 1. The summed E-state index contributed by atoms with van der Waals surface area (Å²) in [5, 5.41) is 33.9. The lowest BCUT2D eigenvalue weighted by molar-refractivity contribution is -0.206. The van der Waals surface area contributed by atoms with Gasteiger partial charge in [-0.05, 0) is 50.8 Å². The van der Waals surface area contributed by atoms with Crippen molar-refractivity contribution in [1.29, 1.82) is 0 Å². The van der Waals surface area contributed by atoms with Crippen LogP contribution in [0.25, 0.3) is 0 Å². The Hall–Kier alpha value is -0.380. The molecule has 1 aliphatic carbocycles. The molecule has 0 unspecified atom stereocenters. The predicted octanol–water partition coefficient (Wildman–Crippen LogP) is 0.172. The Kier molecular flexibility index (Phi) is 7.08. The molecule has 3 aliphatic rings. The van der Waals surface area contributed by atoms with Crippen molar-refractivity contribution >= 4 is 17.7 Å². The minimum Gasteiger partial charge on any atom is -0.388 e. The summed E-state index contributed by atoms with van der Waals surface area (Å²) in [6.45, 7) is 3.10. The highest BCUT2D eigenvalue weighted by molar-refractivity contribution is 7.99. The first-order chi connectivity index (χ1) is 12.9. The minimum atomic E-state index is -1.28. The van der Waals surface area contributed by atoms with Gasteiger partial charge in [-0.3, -0.25) is 9.69 Å². The number of likely N-dealkylation sites (tertiary alicyclic amines) is 1. The van der Waals surface area contributed by atoms with E-state index in [4.69, 9.17) is 4.74 Å². The van der Waals surface area contributed by atoms with Crippen molar-refractivity contribution in [1.82, 2.24) is 10.2 Å². The smallest absolute Gasteiger partial charge is 0.237 e. The number of ether oxygens (including phenoxy) is 1. The summed E-state index contributed by atoms with van der Waals surface area (Å²) in [6, 6.07) is -0.502. The standard InChI is InChI=1S/C19H34N2O5S/c1-4-5-10-8-12(21(2)9-10)18(25)20-13(11-6-7-11)17-15(23)14(22)16(24)19(26-17)27-3/h10-17,19,22-24H,4-9H2,1-3H3,(H,20,25)/t10-,12+,13-,14+,15-,16-,17-,19-/m1/s1. The first-order valence-electron chi connectivity index (χ1n) is 10.1. The van der Waals surface area contributed by atoms with Crippen LogP contribution in [0.3, 0.4) is 0 Å². The van der Waals surface area contributed by atoms with Crippen LogP contribution in [-0.4, -0.2) is 87.9 Å². The Morgan fingerprint density at radius 3 is 2.56 bits per heavy atom. The molecule has 2 heterocycles. The molecule has 0 spiro atoms. The number of nitrogens with one attached hydrogen (secondary N) is 1. The fourth-order valence-electron chi connectivity index (χ4n) is 4.58. The Morgan fingerprint density at radius 2 is 1.96 bits per heavy atom. The Bertz CT molecular complexity index is 518. The van der Waals surface area contributed by atoms with Gasteiger partial charge in [-0.15, -0.1) is 11.8 Å². The lowest BCUT2D eigenvalue weighted by Gasteiger charge is -2.43. The predicted molar refractivity (Wildman–Crippen MR) is 104 cm³/mol. The lowest BCUT2D eigenvalue weighted by atomic mass is 9.92. The third-order valence-corrected chi connectivity index (χ3v) is 7.12. The van der Waals surface area contributed by atoms with Crippen molar-refractivity contribution in [3.8, 4) is 0 Å². The molecule has 8 heteroatoms. The molecule has 7 nitrogen and oxygen atoms in total. The zero-order chi connectivity index (χ0) is 19.7. The highest BCUT2D eigenvalue weighted by Gasteiger charge is 2.51. The maximum absolute atomic E-state index is 13.0. The first kappa shape index (κ1) is 21.3. The fourth-order valence-corrected chi connectivity index (χ4v) is 5.26. The number of rotatable bonds is 7. The van der Waals surface area contributed by atoms with Crippen molar-refractivity contribution in [3.63, 3.8) is 0 Å². The maximum Gasteiger partial charge on any atom is 0.237 e. The van der Waals surface area contributed by atoms with E-state index < -0.39 is 29.9 Å². The van der Waals surface area contributed by atoms with Crippen LogP contribution >= 0.6 is 11.8 Å². The lowest BCUT2D eigenvalue weighted by Crippen LogP contribution is -2.64. The number of amides is 1. The van der Waals surface area contributed by atoms with Crippen LogP contribution in [0, 0.1) is 11.8 Å². The van der Waals surface area contributed by atoms with Gasteiger partial charge in [0.15, 0.2) is 0 Å². The molecule has 0 aromatic rings. The minimum absolute atomic E-state index is 0.0230. The molecule has 0 aromatic heterocycles. The van der Waals surface area contributed by atoms with Crippen molar-refractivity contribution in [2.24, 2.45) is 11.8 Å². The zero-order valence-electron chi connectivity index (χ0n) is 16.5. The molecule has 27 heavy (non-hydrogen) atoms. The van der Waals surface area contributed by atoms with Crippen molar-refractivity contribution in [2.45, 2.75) is 81.0 Å². The number of aliphatic hydroxyl groups excluding tert-OH is 3. The highest BCUT2D eigenvalue weighted by Crippen LogP contribution is 2.39. The van der Waals surface area contributed by atoms with E-state index in [2.05, 4.69) is 17.1 Å². The fraction of sp³-hybridized carbons (Fsp3) is 0.947. The van der Waals surface area contributed by atoms with E-state index in [0.717, 1.165) is 38.6 Å². The normalized spacial score (nSPS) is 41.5. The Labute approximate surface area is 165 Å². The van der Waals surface area contributed by atoms with E-state index in [1.54, 1.807) is 6.26 Å². The summed E-state index contributed by atoms with van der Waals surface area (Å²) < 4.78 is 5.92. The van der Waals surface area contributed by atoms with E-state index in [1.165, 1.54) is 11.8 Å². The van der Waals surface area contributed by atoms with Crippen LogP contribution in [0.15, 0.2) is 0 Å². The molecule has 0 aromatic carbocycles. The van der Waals surface area contributed by atoms with Gasteiger partial charge in [-0.25, -0.2) is 0 Å². The summed E-state index contributed by atoms with van der Waals surface area (Å²) >= 11 is 1.30. The van der Waals surface area contributed by atoms with E-state index >= 15 is 0 Å². The molecule has 0 radical (unpaired) electrons. The summed E-state index contributed by atoms with van der Waals surface area (Å²) in [5.74, 6) is 0.770. The molecule has 2 aliphatic heterocycles. The average Bonchev–Trinajstić information content (AvgIpc) is 3.41. The van der Waals surface area contributed by atoms with Gasteiger partial charge in [0, 0.05) is 6.54 Å². The molecule has 4 N–H and O–H groups in total. The second-order valence-corrected chi connectivity index (χ2v) is 9.33. The number of thioether (sulfide) groups is 1. The monoisotopic (exact) mass is 402 g/mol. The van der Waals surface area contributed by atoms with Gasteiger partial charge >= 0.3 is 0 Å². The second kappa shape index (κ2) is 8.97. The number of likely N-dealkylation sites (N-methyl/N-ethyl adjacent to an activating group) is 1. The molecular formula is C19H34N2O5S. The molecule has 1 amide bonds. The van der Waals surface area contributed by atoms with E-state index in [9.17, 15) is 20.1 Å². The zero-order valence-corrected chi connectivity index (χ0v) is 17.3. The molecule has 156 valence electrons. The van der Waals surface area contributed by atoms with Gasteiger partial charge in [-0.1, -0.05) is 13.3 Å². The number of aliphatic hydroxyl groups is 3. The third kappa shape index (κ3) is 4.62. The van der Waals surface area contributed by atoms with Gasteiger partial charge < -0.3 is 25.4 Å². The van der Waals surface area contributed by atoms with Crippen LogP contribution in [0.5, 0.6) is 0 Å². The van der Waals surface area contributed by atoms with Gasteiger partial charge in [0.1, 0.15) is 29.9 Å². The van der Waals surface area contributed by atoms with E-state index in [1.807, 2.05) is 7.05 Å². The second-order valence-electron chi connectivity index (χ2n) is 8.39. The highest BCUT2D eigenvalue weighted by atomic mass is 32.2. The average molecular weight is 403 g/mol. The molecule has 1 saturated carbocycles. The number of carbonyl (C=O) groups is 1. The molecule has 3 fully saturated rings. The van der Waals surface area contributed by atoms with Crippen LogP contribution < -0.4 is 5.32 Å². The van der Waals surface area contributed by atoms with Gasteiger partial charge in [-0.2, -0.15) is 0 Å².